The molecule has 0 amide bonds. The van der Waals surface area contributed by atoms with Crippen LogP contribution >= 0.6 is 0 Å². The third-order valence-electron chi connectivity index (χ3n) is 7.92. The lowest BCUT2D eigenvalue weighted by molar-refractivity contribution is -0.305. The van der Waals surface area contributed by atoms with Gasteiger partial charge in [0.2, 0.25) is 0 Å². The first-order valence-electron chi connectivity index (χ1n) is 14.5. The summed E-state index contributed by atoms with van der Waals surface area (Å²) in [6, 6.07) is 19.1. The number of aryl methyl sites for hydroxylation is 3. The number of aliphatic carboxylic acids is 1. The predicted molar refractivity (Wildman–Crippen MR) is 154 cm³/mol. The zero-order valence-corrected chi connectivity index (χ0v) is 23.3. The van der Waals surface area contributed by atoms with Gasteiger partial charge in [-0.05, 0) is 105 Å². The summed E-state index contributed by atoms with van der Waals surface area (Å²) in [5.74, 6) is -0.135. The summed E-state index contributed by atoms with van der Waals surface area (Å²) >= 11 is 0. The molecule has 2 N–H and O–H groups in total. The van der Waals surface area contributed by atoms with E-state index < -0.39 is 5.97 Å². The number of halogens is 1. The van der Waals surface area contributed by atoms with Crippen molar-refractivity contribution in [2.75, 3.05) is 32.8 Å². The van der Waals surface area contributed by atoms with Gasteiger partial charge in [0.15, 0.2) is 5.58 Å². The number of nitrogens with zero attached hydrogens (tertiary/aromatic N) is 2. The molecule has 7 nitrogen and oxygen atoms in total. The number of para-hydroxylation sites is 1. The molecule has 3 aromatic carbocycles. The smallest absolute Gasteiger partial charge is 0.170 e. The molecule has 0 spiro atoms. The number of fused-ring (bicyclic) bond motifs is 1. The van der Waals surface area contributed by atoms with Gasteiger partial charge in [-0.2, -0.15) is 0 Å². The van der Waals surface area contributed by atoms with Crippen LogP contribution in [0.5, 0.6) is 5.75 Å². The van der Waals surface area contributed by atoms with Crippen LogP contribution in [0, 0.1) is 5.82 Å². The number of hydrogen-bond acceptors (Lipinski definition) is 7. The molecular weight excluding hydrogens is 521 g/mol. The molecule has 1 saturated heterocycles. The van der Waals surface area contributed by atoms with E-state index in [2.05, 4.69) is 28.3 Å². The van der Waals surface area contributed by atoms with Gasteiger partial charge in [0.05, 0.1) is 5.69 Å². The molecule has 2 heterocycles. The van der Waals surface area contributed by atoms with Gasteiger partial charge < -0.3 is 24.9 Å². The summed E-state index contributed by atoms with van der Waals surface area (Å²) in [6.45, 7) is 3.90. The fourth-order valence-electron chi connectivity index (χ4n) is 5.76. The SMILES string of the molecule is NCCc1cc(CCC(=O)[O-])cc(CCc2ccccc2OCCN2CCC(c3noc4cc(F)ccc34)CC2)c1. The largest absolute Gasteiger partial charge is 0.550 e. The normalized spacial score (nSPS) is 14.5. The van der Waals surface area contributed by atoms with Crippen molar-refractivity contribution in [3.8, 4) is 5.75 Å². The van der Waals surface area contributed by atoms with Crippen LogP contribution in [0.25, 0.3) is 11.0 Å². The van der Waals surface area contributed by atoms with E-state index in [0.717, 1.165) is 85.3 Å². The highest BCUT2D eigenvalue weighted by atomic mass is 19.1. The molecule has 1 aliphatic rings. The molecule has 1 fully saturated rings. The first kappa shape index (κ1) is 28.8. The Hall–Kier alpha value is -3.75. The Morgan fingerprint density at radius 3 is 2.49 bits per heavy atom. The van der Waals surface area contributed by atoms with E-state index in [1.165, 1.54) is 17.7 Å². The molecule has 0 aliphatic carbocycles. The highest BCUT2D eigenvalue weighted by Crippen LogP contribution is 2.32. The van der Waals surface area contributed by atoms with Crippen LogP contribution in [0.15, 0.2) is 65.2 Å². The Bertz CT molecular complexity index is 1460. The van der Waals surface area contributed by atoms with Crippen LogP contribution in [0.2, 0.25) is 0 Å². The quantitative estimate of drug-likeness (QED) is 0.262. The van der Waals surface area contributed by atoms with Crippen LogP contribution < -0.4 is 15.6 Å². The van der Waals surface area contributed by atoms with Crippen molar-refractivity contribution >= 4 is 16.9 Å². The number of carbonyl (C=O) groups is 1. The molecule has 1 aromatic heterocycles. The lowest BCUT2D eigenvalue weighted by atomic mass is 9.91. The van der Waals surface area contributed by atoms with Crippen molar-refractivity contribution in [3.05, 3.63) is 94.4 Å². The molecule has 4 aromatic rings. The van der Waals surface area contributed by atoms with Crippen LogP contribution in [-0.2, 0) is 30.5 Å². The van der Waals surface area contributed by atoms with Crippen molar-refractivity contribution in [1.82, 2.24) is 10.1 Å². The minimum Gasteiger partial charge on any atom is -0.550 e. The third-order valence-corrected chi connectivity index (χ3v) is 7.92. The van der Waals surface area contributed by atoms with Crippen molar-refractivity contribution in [2.45, 2.75) is 50.9 Å². The van der Waals surface area contributed by atoms with E-state index in [9.17, 15) is 14.3 Å². The average molecular weight is 559 g/mol. The molecule has 41 heavy (non-hydrogen) atoms. The lowest BCUT2D eigenvalue weighted by Gasteiger charge is -2.31. The number of likely N-dealkylation sites (tertiary alicyclic amines) is 1. The summed E-state index contributed by atoms with van der Waals surface area (Å²) in [5, 5.41) is 16.1. The van der Waals surface area contributed by atoms with Gasteiger partial charge in [-0.15, -0.1) is 0 Å². The van der Waals surface area contributed by atoms with Crippen LogP contribution in [0.4, 0.5) is 4.39 Å². The van der Waals surface area contributed by atoms with Gasteiger partial charge in [0, 0.05) is 29.9 Å². The summed E-state index contributed by atoms with van der Waals surface area (Å²) in [5.41, 5.74) is 11.7. The number of aromatic nitrogens is 1. The number of nitrogens with two attached hydrogens (primary N) is 1. The standard InChI is InChI=1S/C33H38FN3O4/c34-28-8-9-29-31(22-28)41-36-33(29)27-12-15-37(16-13-27)17-18-40-30-4-2-1-3-26(30)7-5-23-19-24(6-10-32(38)39)21-25(20-23)11-14-35/h1-4,8-9,19-22,27H,5-7,10-18,35H2,(H,38,39)/p-1. The molecule has 0 atom stereocenters. The average Bonchev–Trinajstić information content (AvgIpc) is 3.39. The highest BCUT2D eigenvalue weighted by molar-refractivity contribution is 5.79. The molecule has 1 aliphatic heterocycles. The van der Waals surface area contributed by atoms with E-state index in [1.807, 2.05) is 24.3 Å². The Morgan fingerprint density at radius 1 is 1.00 bits per heavy atom. The number of carboxylic acids is 1. The minimum absolute atomic E-state index is 0.0121. The van der Waals surface area contributed by atoms with E-state index in [4.69, 9.17) is 15.0 Å². The molecular formula is C33H37FN3O4-. The van der Waals surface area contributed by atoms with Crippen molar-refractivity contribution in [3.63, 3.8) is 0 Å². The van der Waals surface area contributed by atoms with Gasteiger partial charge >= 0.3 is 0 Å². The third kappa shape index (κ3) is 7.71. The van der Waals surface area contributed by atoms with Crippen LogP contribution in [0.3, 0.4) is 0 Å². The Morgan fingerprint density at radius 2 is 1.73 bits per heavy atom. The van der Waals surface area contributed by atoms with Crippen molar-refractivity contribution in [2.24, 2.45) is 5.73 Å². The van der Waals surface area contributed by atoms with E-state index >= 15 is 0 Å². The molecule has 0 unspecified atom stereocenters. The molecule has 8 heteroatoms. The summed E-state index contributed by atoms with van der Waals surface area (Å²) in [6.07, 6.45) is 4.83. The fraction of sp³-hybridized carbons (Fsp3) is 0.394. The first-order chi connectivity index (χ1) is 20.0. The fourth-order valence-corrected chi connectivity index (χ4v) is 5.76. The number of ether oxygens (including phenoxy) is 1. The number of benzene rings is 3. The van der Waals surface area contributed by atoms with Gasteiger partial charge in [-0.1, -0.05) is 41.6 Å². The molecule has 0 radical (unpaired) electrons. The van der Waals surface area contributed by atoms with Gasteiger partial charge in [-0.3, -0.25) is 4.90 Å². The molecule has 5 rings (SSSR count). The maximum absolute atomic E-state index is 13.5. The maximum atomic E-state index is 13.5. The number of carboxylic acid groups (broad SMARTS) is 1. The number of piperidine rings is 1. The highest BCUT2D eigenvalue weighted by Gasteiger charge is 2.25. The summed E-state index contributed by atoms with van der Waals surface area (Å²) in [7, 11) is 0. The van der Waals surface area contributed by atoms with Crippen LogP contribution in [-0.4, -0.2) is 48.8 Å². The maximum Gasteiger partial charge on any atom is 0.170 e. The molecule has 0 saturated carbocycles. The topological polar surface area (TPSA) is 105 Å². The van der Waals surface area contributed by atoms with Gasteiger partial charge in [0.25, 0.3) is 0 Å². The second-order valence-corrected chi connectivity index (χ2v) is 10.8. The Labute approximate surface area is 240 Å². The second-order valence-electron chi connectivity index (χ2n) is 10.8. The summed E-state index contributed by atoms with van der Waals surface area (Å²) in [4.78, 5) is 13.4. The first-order valence-corrected chi connectivity index (χ1v) is 14.5. The van der Waals surface area contributed by atoms with Crippen molar-refractivity contribution in [1.29, 1.82) is 0 Å². The van der Waals surface area contributed by atoms with Crippen LogP contribution in [0.1, 0.15) is 53.1 Å². The number of rotatable bonds is 13. The van der Waals surface area contributed by atoms with Gasteiger partial charge in [0.1, 0.15) is 18.2 Å². The molecule has 216 valence electrons. The lowest BCUT2D eigenvalue weighted by Crippen LogP contribution is -2.36. The monoisotopic (exact) mass is 558 g/mol. The van der Waals surface area contributed by atoms with E-state index in [-0.39, 0.29) is 12.2 Å². The Balaban J connectivity index is 1.12. The second kappa shape index (κ2) is 13.7. The van der Waals surface area contributed by atoms with Crippen molar-refractivity contribution < 1.29 is 23.6 Å². The Kier molecular flexibility index (Phi) is 9.64. The zero-order valence-electron chi connectivity index (χ0n) is 23.3. The predicted octanol–water partition coefficient (Wildman–Crippen LogP) is 4.19. The van der Waals surface area contributed by atoms with E-state index in [0.29, 0.717) is 31.1 Å². The minimum atomic E-state index is -1.03. The molecule has 0 bridgehead atoms. The number of carbonyl (C=O) groups excluding carboxylic acids is 1. The van der Waals surface area contributed by atoms with Gasteiger partial charge in [-0.25, -0.2) is 4.39 Å². The summed E-state index contributed by atoms with van der Waals surface area (Å²) < 4.78 is 25.1. The number of hydrogen-bond donors (Lipinski definition) is 1. The van der Waals surface area contributed by atoms with E-state index in [1.54, 1.807) is 6.07 Å². The zero-order chi connectivity index (χ0) is 28.6.